The molecule has 0 spiro atoms. The van der Waals surface area contributed by atoms with Crippen LogP contribution in [-0.2, 0) is 10.1 Å². The normalized spacial score (nSPS) is 11.7. The minimum Gasteiger partial charge on any atom is -0.286 e. The van der Waals surface area contributed by atoms with E-state index in [1.54, 1.807) is 12.4 Å². The van der Waals surface area contributed by atoms with Gasteiger partial charge in [-0.1, -0.05) is 51.0 Å². The molecule has 146 valence electrons. The summed E-state index contributed by atoms with van der Waals surface area (Å²) in [7, 11) is -3.84. The van der Waals surface area contributed by atoms with Gasteiger partial charge in [0.25, 0.3) is 10.1 Å². The third kappa shape index (κ3) is 22.9. The van der Waals surface area contributed by atoms with Crippen LogP contribution < -0.4 is 0 Å². The van der Waals surface area contributed by atoms with E-state index < -0.39 is 22.7 Å². The molecule has 0 amide bonds. The van der Waals surface area contributed by atoms with Crippen molar-refractivity contribution in [1.82, 2.24) is 4.98 Å². The molecular formula is C17H28F3NO3S. The van der Waals surface area contributed by atoms with Crippen molar-refractivity contribution in [2.45, 2.75) is 70.4 Å². The first-order valence-electron chi connectivity index (χ1n) is 8.57. The highest BCUT2D eigenvalue weighted by Gasteiger charge is 2.25. The van der Waals surface area contributed by atoms with Crippen LogP contribution in [0, 0.1) is 0 Å². The van der Waals surface area contributed by atoms with Gasteiger partial charge in [-0.2, -0.15) is 21.6 Å². The monoisotopic (exact) mass is 383 g/mol. The van der Waals surface area contributed by atoms with Crippen LogP contribution in [0.4, 0.5) is 13.2 Å². The SMILES string of the molecule is O=S(=O)(O)CCCCCCCCCCCC(F)(F)F.c1ccncc1. The van der Waals surface area contributed by atoms with Crippen LogP contribution in [0.5, 0.6) is 0 Å². The molecule has 1 heterocycles. The molecule has 0 aliphatic heterocycles. The number of rotatable bonds is 11. The Kier molecular flexibility index (Phi) is 13.4. The zero-order valence-corrected chi connectivity index (χ0v) is 15.2. The lowest BCUT2D eigenvalue weighted by molar-refractivity contribution is -0.135. The molecule has 0 aromatic carbocycles. The number of unbranched alkanes of at least 4 members (excludes halogenated alkanes) is 8. The maximum atomic E-state index is 11.8. The van der Waals surface area contributed by atoms with Gasteiger partial charge in [-0.05, 0) is 25.0 Å². The summed E-state index contributed by atoms with van der Waals surface area (Å²) in [5.41, 5.74) is 0. The van der Waals surface area contributed by atoms with Crippen LogP contribution in [-0.4, -0.2) is 29.9 Å². The summed E-state index contributed by atoms with van der Waals surface area (Å²) in [6.45, 7) is 0. The molecule has 8 heteroatoms. The number of pyridine rings is 1. The summed E-state index contributed by atoms with van der Waals surface area (Å²) in [4.78, 5) is 3.78. The first-order valence-corrected chi connectivity index (χ1v) is 10.2. The van der Waals surface area contributed by atoms with Crippen LogP contribution in [0.15, 0.2) is 30.6 Å². The summed E-state index contributed by atoms with van der Waals surface area (Å²) in [5.74, 6) is -0.190. The molecule has 1 aromatic heterocycles. The molecule has 1 N–H and O–H groups in total. The topological polar surface area (TPSA) is 67.3 Å². The summed E-state index contributed by atoms with van der Waals surface area (Å²) >= 11 is 0. The van der Waals surface area contributed by atoms with Gasteiger partial charge in [0.15, 0.2) is 0 Å². The first-order chi connectivity index (χ1) is 11.7. The molecule has 25 heavy (non-hydrogen) atoms. The molecular weight excluding hydrogens is 355 g/mol. The van der Waals surface area contributed by atoms with Crippen molar-refractivity contribution in [3.8, 4) is 0 Å². The third-order valence-electron chi connectivity index (χ3n) is 3.43. The Morgan fingerprint density at radius 1 is 0.760 bits per heavy atom. The van der Waals surface area contributed by atoms with Gasteiger partial charge in [0, 0.05) is 18.8 Å². The van der Waals surface area contributed by atoms with E-state index in [-0.39, 0.29) is 12.2 Å². The second-order valence-electron chi connectivity index (χ2n) is 5.86. The summed E-state index contributed by atoms with van der Waals surface area (Å²) in [6, 6.07) is 5.72. The lowest BCUT2D eigenvalue weighted by atomic mass is 10.1. The molecule has 4 nitrogen and oxygen atoms in total. The van der Waals surface area contributed by atoms with Gasteiger partial charge in [-0.3, -0.25) is 9.54 Å². The smallest absolute Gasteiger partial charge is 0.286 e. The molecule has 0 atom stereocenters. The fourth-order valence-electron chi connectivity index (χ4n) is 2.16. The van der Waals surface area contributed by atoms with E-state index in [9.17, 15) is 21.6 Å². The maximum absolute atomic E-state index is 11.8. The van der Waals surface area contributed by atoms with Crippen molar-refractivity contribution in [3.05, 3.63) is 30.6 Å². The molecule has 0 aliphatic rings. The van der Waals surface area contributed by atoms with E-state index in [4.69, 9.17) is 4.55 Å². The van der Waals surface area contributed by atoms with Crippen molar-refractivity contribution in [3.63, 3.8) is 0 Å². The minimum atomic E-state index is -4.03. The zero-order chi connectivity index (χ0) is 19.0. The Balaban J connectivity index is 0.000000796. The summed E-state index contributed by atoms with van der Waals surface area (Å²) in [5, 5.41) is 0. The predicted molar refractivity (Wildman–Crippen MR) is 92.9 cm³/mol. The van der Waals surface area contributed by atoms with Crippen molar-refractivity contribution in [2.24, 2.45) is 0 Å². The number of aromatic nitrogens is 1. The average Bonchev–Trinajstić information content (AvgIpc) is 2.53. The second kappa shape index (κ2) is 14.1. The molecule has 0 radical (unpaired) electrons. The van der Waals surface area contributed by atoms with E-state index in [0.29, 0.717) is 12.8 Å². The van der Waals surface area contributed by atoms with Gasteiger partial charge in [0.2, 0.25) is 0 Å². The van der Waals surface area contributed by atoms with Crippen LogP contribution in [0.1, 0.15) is 64.2 Å². The van der Waals surface area contributed by atoms with Crippen molar-refractivity contribution >= 4 is 10.1 Å². The molecule has 0 saturated carbocycles. The molecule has 1 rings (SSSR count). The Morgan fingerprint density at radius 3 is 1.52 bits per heavy atom. The van der Waals surface area contributed by atoms with Crippen LogP contribution in [0.3, 0.4) is 0 Å². The predicted octanol–water partition coefficient (Wildman–Crippen LogP) is 5.42. The van der Waals surface area contributed by atoms with Gasteiger partial charge < -0.3 is 0 Å². The fourth-order valence-corrected chi connectivity index (χ4v) is 2.73. The highest BCUT2D eigenvalue weighted by molar-refractivity contribution is 7.85. The zero-order valence-electron chi connectivity index (χ0n) is 14.4. The number of hydrogen-bond donors (Lipinski definition) is 1. The van der Waals surface area contributed by atoms with E-state index in [1.807, 2.05) is 18.2 Å². The van der Waals surface area contributed by atoms with Crippen molar-refractivity contribution in [2.75, 3.05) is 5.75 Å². The first kappa shape index (κ1) is 23.9. The number of halogens is 3. The van der Waals surface area contributed by atoms with Crippen LogP contribution in [0.2, 0.25) is 0 Å². The lowest BCUT2D eigenvalue weighted by Crippen LogP contribution is -2.06. The summed E-state index contributed by atoms with van der Waals surface area (Å²) in [6.07, 6.45) is 5.39. The molecule has 0 saturated heterocycles. The Labute approximate surface area is 148 Å². The number of nitrogens with zero attached hydrogens (tertiary/aromatic N) is 1. The average molecular weight is 383 g/mol. The van der Waals surface area contributed by atoms with E-state index >= 15 is 0 Å². The van der Waals surface area contributed by atoms with E-state index in [2.05, 4.69) is 4.98 Å². The van der Waals surface area contributed by atoms with Gasteiger partial charge in [-0.25, -0.2) is 0 Å². The van der Waals surface area contributed by atoms with Crippen molar-refractivity contribution < 1.29 is 26.1 Å². The standard InChI is InChI=1S/C12H23F3O3S.C5H5N/c13-12(14,15)10-8-6-4-2-1-3-5-7-9-11-19(16,17)18;1-2-4-6-5-3-1/h1-11H2,(H,16,17,18);1-5H. The van der Waals surface area contributed by atoms with Crippen molar-refractivity contribution in [1.29, 1.82) is 0 Å². The quantitative estimate of drug-likeness (QED) is 0.409. The highest BCUT2D eigenvalue weighted by Crippen LogP contribution is 2.23. The molecule has 1 aromatic rings. The Bertz CT molecular complexity index is 481. The van der Waals surface area contributed by atoms with Gasteiger partial charge in [0.1, 0.15) is 0 Å². The van der Waals surface area contributed by atoms with E-state index in [1.165, 1.54) is 0 Å². The van der Waals surface area contributed by atoms with Gasteiger partial charge in [0.05, 0.1) is 5.75 Å². The van der Waals surface area contributed by atoms with Gasteiger partial charge >= 0.3 is 6.18 Å². The minimum absolute atomic E-state index is 0.190. The van der Waals surface area contributed by atoms with E-state index in [0.717, 1.165) is 38.5 Å². The third-order valence-corrected chi connectivity index (χ3v) is 4.23. The second-order valence-corrected chi connectivity index (χ2v) is 7.43. The number of alkyl halides is 3. The van der Waals surface area contributed by atoms with Crippen LogP contribution in [0.25, 0.3) is 0 Å². The highest BCUT2D eigenvalue weighted by atomic mass is 32.2. The molecule has 0 unspecified atom stereocenters. The Hall–Kier alpha value is -1.15. The molecule has 0 fully saturated rings. The van der Waals surface area contributed by atoms with Gasteiger partial charge in [-0.15, -0.1) is 0 Å². The number of hydrogen-bond acceptors (Lipinski definition) is 3. The molecule has 0 aliphatic carbocycles. The Morgan fingerprint density at radius 2 is 1.20 bits per heavy atom. The largest absolute Gasteiger partial charge is 0.389 e. The fraction of sp³-hybridized carbons (Fsp3) is 0.706. The van der Waals surface area contributed by atoms with Crippen LogP contribution >= 0.6 is 0 Å². The lowest BCUT2D eigenvalue weighted by Gasteiger charge is -2.05. The summed E-state index contributed by atoms with van der Waals surface area (Å²) < 4.78 is 64.8. The maximum Gasteiger partial charge on any atom is 0.389 e. The molecule has 0 bridgehead atoms.